The highest BCUT2D eigenvalue weighted by Crippen LogP contribution is 2.33. The molecule has 2 aromatic rings. The molecule has 1 unspecified atom stereocenters. The van der Waals surface area contributed by atoms with Crippen LogP contribution in [0.2, 0.25) is 0 Å². The van der Waals surface area contributed by atoms with Crippen molar-refractivity contribution < 1.29 is 19.4 Å². The number of nitrogens with zero attached hydrogens (tertiary/aromatic N) is 2. The molecule has 2 amide bonds. The van der Waals surface area contributed by atoms with Crippen molar-refractivity contribution in [2.75, 3.05) is 14.2 Å². The van der Waals surface area contributed by atoms with Crippen molar-refractivity contribution in [3.8, 4) is 11.5 Å². The van der Waals surface area contributed by atoms with Crippen LogP contribution in [0.25, 0.3) is 0 Å². The number of hydrogen-bond donors (Lipinski definition) is 2. The summed E-state index contributed by atoms with van der Waals surface area (Å²) in [7, 11) is 3.12. The summed E-state index contributed by atoms with van der Waals surface area (Å²) in [4.78, 5) is 31.0. The van der Waals surface area contributed by atoms with Gasteiger partial charge in [0.15, 0.2) is 17.2 Å². The lowest BCUT2D eigenvalue weighted by Gasteiger charge is -2.29. The van der Waals surface area contributed by atoms with Crippen LogP contribution in [0.4, 0.5) is 0 Å². The molecule has 0 spiro atoms. The van der Waals surface area contributed by atoms with Crippen molar-refractivity contribution in [3.63, 3.8) is 0 Å². The lowest BCUT2D eigenvalue weighted by Crippen LogP contribution is -2.46. The van der Waals surface area contributed by atoms with Crippen molar-refractivity contribution in [3.05, 3.63) is 53.3 Å². The molecule has 0 aliphatic heterocycles. The Balaban J connectivity index is 1.63. The molecule has 1 aromatic heterocycles. The van der Waals surface area contributed by atoms with Gasteiger partial charge in [-0.1, -0.05) is 43.5 Å². The van der Waals surface area contributed by atoms with Gasteiger partial charge in [0, 0.05) is 19.3 Å². The average Bonchev–Trinajstić information content (AvgIpc) is 2.83. The Bertz CT molecular complexity index is 939. The summed E-state index contributed by atoms with van der Waals surface area (Å²) in [6, 6.07) is 9.08. The first-order valence-corrected chi connectivity index (χ1v) is 11.2. The normalized spacial score (nSPS) is 16.1. The Morgan fingerprint density at radius 2 is 1.78 bits per heavy atom. The molecule has 7 nitrogen and oxygen atoms in total. The number of carbonyl (C=O) groups is 2. The van der Waals surface area contributed by atoms with E-state index in [-0.39, 0.29) is 29.1 Å². The molecular weight excluding hydrogens is 406 g/mol. The fourth-order valence-electron chi connectivity index (χ4n) is 4.30. The summed E-state index contributed by atoms with van der Waals surface area (Å²) in [5, 5.41) is 12.7. The topological polar surface area (TPSA) is 91.8 Å². The number of amides is 2. The number of rotatable bonds is 7. The third kappa shape index (κ3) is 5.21. The van der Waals surface area contributed by atoms with E-state index >= 15 is 0 Å². The quantitative estimate of drug-likeness (QED) is 0.675. The minimum atomic E-state index is -0.788. The second-order valence-corrected chi connectivity index (χ2v) is 8.53. The summed E-state index contributed by atoms with van der Waals surface area (Å²) in [5.74, 6) is -0.437. The van der Waals surface area contributed by atoms with E-state index in [2.05, 4.69) is 34.6 Å². The molecule has 1 saturated carbocycles. The second kappa shape index (κ2) is 10.5. The van der Waals surface area contributed by atoms with Crippen molar-refractivity contribution in [2.24, 2.45) is 0 Å². The van der Waals surface area contributed by atoms with Crippen LogP contribution in [-0.4, -0.2) is 47.0 Å². The Morgan fingerprint density at radius 3 is 2.41 bits per heavy atom. The van der Waals surface area contributed by atoms with Gasteiger partial charge in [-0.3, -0.25) is 9.59 Å². The molecule has 0 bridgehead atoms. The van der Waals surface area contributed by atoms with Crippen molar-refractivity contribution >= 4 is 11.8 Å². The molecule has 1 aliphatic carbocycles. The number of likely N-dealkylation sites (N-methyl/N-ethyl adjacent to an activating group) is 1. The van der Waals surface area contributed by atoms with Crippen LogP contribution in [0.1, 0.15) is 79.5 Å². The molecule has 3 rings (SSSR count). The first-order valence-electron chi connectivity index (χ1n) is 11.2. The van der Waals surface area contributed by atoms with E-state index in [0.29, 0.717) is 5.92 Å². The van der Waals surface area contributed by atoms with Gasteiger partial charge in [-0.15, -0.1) is 0 Å². The molecule has 1 aliphatic rings. The predicted molar refractivity (Wildman–Crippen MR) is 123 cm³/mol. The van der Waals surface area contributed by atoms with E-state index in [1.807, 2.05) is 6.92 Å². The number of aromatic hydroxyl groups is 1. The molecule has 0 radical (unpaired) electrons. The second-order valence-electron chi connectivity index (χ2n) is 8.53. The average molecular weight is 440 g/mol. The standard InChI is InChI=1S/C25H33N3O4/c1-16(27-24(30)22-23(29)21(32-4)14-15-26-22)25(31)28(3)17(2)18-10-12-20(13-11-18)19-8-6-5-7-9-19/h10-17,19,29H,5-9H2,1-4H3,(H,27,30)/t16-,17?/m0/s1. The molecule has 32 heavy (non-hydrogen) atoms. The molecule has 2 atom stereocenters. The van der Waals surface area contributed by atoms with E-state index in [1.54, 1.807) is 18.9 Å². The Morgan fingerprint density at radius 1 is 1.12 bits per heavy atom. The fraction of sp³-hybridized carbons (Fsp3) is 0.480. The summed E-state index contributed by atoms with van der Waals surface area (Å²) in [5.41, 5.74) is 2.24. The third-order valence-electron chi connectivity index (χ3n) is 6.46. The van der Waals surface area contributed by atoms with Gasteiger partial charge in [-0.25, -0.2) is 4.98 Å². The van der Waals surface area contributed by atoms with Gasteiger partial charge in [0.1, 0.15) is 6.04 Å². The zero-order valence-electron chi connectivity index (χ0n) is 19.3. The van der Waals surface area contributed by atoms with Crippen LogP contribution < -0.4 is 10.1 Å². The molecule has 1 fully saturated rings. The predicted octanol–water partition coefficient (Wildman–Crippen LogP) is 4.18. The highest BCUT2D eigenvalue weighted by Gasteiger charge is 2.26. The highest BCUT2D eigenvalue weighted by atomic mass is 16.5. The van der Waals surface area contributed by atoms with E-state index in [9.17, 15) is 14.7 Å². The molecular formula is C25H33N3O4. The van der Waals surface area contributed by atoms with Gasteiger partial charge in [0.25, 0.3) is 5.91 Å². The van der Waals surface area contributed by atoms with Gasteiger partial charge in [0.05, 0.1) is 13.2 Å². The maximum Gasteiger partial charge on any atom is 0.274 e. The minimum Gasteiger partial charge on any atom is -0.503 e. The minimum absolute atomic E-state index is 0.145. The largest absolute Gasteiger partial charge is 0.503 e. The van der Waals surface area contributed by atoms with Crippen LogP contribution in [0.15, 0.2) is 36.5 Å². The van der Waals surface area contributed by atoms with E-state index in [4.69, 9.17) is 4.74 Å². The Hall–Kier alpha value is -3.09. The van der Waals surface area contributed by atoms with E-state index in [1.165, 1.54) is 57.0 Å². The van der Waals surface area contributed by atoms with Crippen molar-refractivity contribution in [1.29, 1.82) is 0 Å². The van der Waals surface area contributed by atoms with Gasteiger partial charge in [-0.05, 0) is 43.7 Å². The first kappa shape index (κ1) is 23.6. The lowest BCUT2D eigenvalue weighted by atomic mass is 9.84. The maximum absolute atomic E-state index is 13.0. The van der Waals surface area contributed by atoms with Crippen molar-refractivity contribution in [2.45, 2.75) is 64.0 Å². The number of pyridine rings is 1. The number of nitrogens with one attached hydrogen (secondary N) is 1. The van der Waals surface area contributed by atoms with Gasteiger partial charge in [-0.2, -0.15) is 0 Å². The Labute approximate surface area is 189 Å². The van der Waals surface area contributed by atoms with Crippen LogP contribution in [0, 0.1) is 0 Å². The molecule has 7 heteroatoms. The van der Waals surface area contributed by atoms with Crippen LogP contribution in [-0.2, 0) is 4.79 Å². The summed E-state index contributed by atoms with van der Waals surface area (Å²) in [6.07, 6.45) is 7.80. The van der Waals surface area contributed by atoms with E-state index in [0.717, 1.165) is 5.56 Å². The lowest BCUT2D eigenvalue weighted by molar-refractivity contribution is -0.133. The molecule has 1 aromatic carbocycles. The fourth-order valence-corrected chi connectivity index (χ4v) is 4.30. The van der Waals surface area contributed by atoms with Crippen LogP contribution >= 0.6 is 0 Å². The number of hydrogen-bond acceptors (Lipinski definition) is 5. The number of carbonyl (C=O) groups excluding carboxylic acids is 2. The van der Waals surface area contributed by atoms with Crippen molar-refractivity contribution in [1.82, 2.24) is 15.2 Å². The van der Waals surface area contributed by atoms with Crippen LogP contribution in [0.3, 0.4) is 0 Å². The van der Waals surface area contributed by atoms with Crippen LogP contribution in [0.5, 0.6) is 11.5 Å². The maximum atomic E-state index is 13.0. The Kier molecular flexibility index (Phi) is 7.72. The number of benzene rings is 1. The monoisotopic (exact) mass is 439 g/mol. The summed E-state index contributed by atoms with van der Waals surface area (Å²) < 4.78 is 5.01. The summed E-state index contributed by atoms with van der Waals surface area (Å²) in [6.45, 7) is 3.59. The van der Waals surface area contributed by atoms with Gasteiger partial charge >= 0.3 is 0 Å². The molecule has 1 heterocycles. The summed E-state index contributed by atoms with van der Waals surface area (Å²) >= 11 is 0. The highest BCUT2D eigenvalue weighted by molar-refractivity contribution is 5.98. The SMILES string of the molecule is COc1ccnc(C(=O)N[C@@H](C)C(=O)N(C)C(C)c2ccc(C3CCCCC3)cc2)c1O. The number of aromatic nitrogens is 1. The first-order chi connectivity index (χ1) is 15.3. The smallest absolute Gasteiger partial charge is 0.274 e. The molecule has 2 N–H and O–H groups in total. The number of methoxy groups -OCH3 is 1. The van der Waals surface area contributed by atoms with E-state index < -0.39 is 11.9 Å². The third-order valence-corrected chi connectivity index (χ3v) is 6.46. The van der Waals surface area contributed by atoms with Gasteiger partial charge in [0.2, 0.25) is 5.91 Å². The zero-order valence-corrected chi connectivity index (χ0v) is 19.3. The zero-order chi connectivity index (χ0) is 23.3. The molecule has 0 saturated heterocycles. The van der Waals surface area contributed by atoms with Gasteiger partial charge < -0.3 is 20.1 Å². The number of ether oxygens (including phenoxy) is 1. The molecule has 172 valence electrons.